The molecular formula is C28H26FN5O3S. The Morgan fingerprint density at radius 2 is 1.92 bits per heavy atom. The number of rotatable bonds is 6. The highest BCUT2D eigenvalue weighted by Crippen LogP contribution is 2.39. The van der Waals surface area contributed by atoms with Crippen molar-refractivity contribution in [1.29, 1.82) is 0 Å². The Balaban J connectivity index is 1.57. The van der Waals surface area contributed by atoms with Crippen LogP contribution in [0.5, 0.6) is 5.75 Å². The fourth-order valence-electron chi connectivity index (χ4n) is 4.91. The molecule has 3 aromatic heterocycles. The van der Waals surface area contributed by atoms with Gasteiger partial charge < -0.3 is 14.6 Å². The van der Waals surface area contributed by atoms with Crippen LogP contribution in [0.1, 0.15) is 17.7 Å². The summed E-state index contributed by atoms with van der Waals surface area (Å²) in [5, 5.41) is 3.83. The van der Waals surface area contributed by atoms with E-state index in [-0.39, 0.29) is 6.04 Å². The van der Waals surface area contributed by atoms with Gasteiger partial charge in [0.1, 0.15) is 16.4 Å². The second-order valence-electron chi connectivity index (χ2n) is 9.50. The zero-order valence-electron chi connectivity index (χ0n) is 21.2. The predicted molar refractivity (Wildman–Crippen MR) is 147 cm³/mol. The molecule has 4 heterocycles. The van der Waals surface area contributed by atoms with Crippen molar-refractivity contribution in [3.8, 4) is 27.6 Å². The molecular weight excluding hydrogens is 505 g/mol. The van der Waals surface area contributed by atoms with E-state index in [0.29, 0.717) is 28.2 Å². The maximum absolute atomic E-state index is 13.8. The number of halogens is 1. The number of fused-ring (bicyclic) bond motifs is 1. The van der Waals surface area contributed by atoms with Crippen LogP contribution < -0.4 is 21.3 Å². The number of nitrogens with one attached hydrogen (secondary N) is 1. The minimum Gasteiger partial charge on any atom is -0.495 e. The van der Waals surface area contributed by atoms with Gasteiger partial charge in [-0.2, -0.15) is 0 Å². The zero-order valence-corrected chi connectivity index (χ0v) is 22.0. The number of nitrogens with zero attached hydrogens (tertiary/aromatic N) is 4. The van der Waals surface area contributed by atoms with Crippen molar-refractivity contribution < 1.29 is 9.13 Å². The number of aromatic nitrogens is 4. The monoisotopic (exact) mass is 531 g/mol. The van der Waals surface area contributed by atoms with Crippen LogP contribution in [-0.2, 0) is 6.54 Å². The average molecular weight is 532 g/mol. The van der Waals surface area contributed by atoms with E-state index in [1.807, 2.05) is 42.8 Å². The molecule has 0 bridgehead atoms. The minimum atomic E-state index is -0.431. The van der Waals surface area contributed by atoms with E-state index in [2.05, 4.69) is 10.3 Å². The van der Waals surface area contributed by atoms with E-state index in [4.69, 9.17) is 4.74 Å². The summed E-state index contributed by atoms with van der Waals surface area (Å²) in [6, 6.07) is 11.5. The first kappa shape index (κ1) is 24.3. The molecule has 194 valence electrons. The van der Waals surface area contributed by atoms with Crippen LogP contribution >= 0.6 is 11.3 Å². The van der Waals surface area contributed by atoms with Gasteiger partial charge in [0, 0.05) is 23.7 Å². The quantitative estimate of drug-likeness (QED) is 0.355. The van der Waals surface area contributed by atoms with E-state index >= 15 is 0 Å². The van der Waals surface area contributed by atoms with E-state index in [1.54, 1.807) is 18.0 Å². The molecule has 38 heavy (non-hydrogen) atoms. The molecule has 5 aromatic rings. The fourth-order valence-corrected chi connectivity index (χ4v) is 6.21. The summed E-state index contributed by atoms with van der Waals surface area (Å²) in [5.41, 5.74) is 2.91. The first-order valence-electron chi connectivity index (χ1n) is 12.3. The van der Waals surface area contributed by atoms with Gasteiger partial charge in [0.05, 0.1) is 35.9 Å². The van der Waals surface area contributed by atoms with Crippen molar-refractivity contribution in [1.82, 2.24) is 24.0 Å². The summed E-state index contributed by atoms with van der Waals surface area (Å²) in [4.78, 5) is 33.3. The molecule has 0 unspecified atom stereocenters. The molecule has 0 aliphatic carbocycles. The Labute approximate surface area is 221 Å². The van der Waals surface area contributed by atoms with Crippen molar-refractivity contribution in [3.63, 3.8) is 0 Å². The van der Waals surface area contributed by atoms with Gasteiger partial charge in [0.25, 0.3) is 5.56 Å². The number of benzene rings is 2. The van der Waals surface area contributed by atoms with Gasteiger partial charge in [-0.05, 0) is 74.3 Å². The molecule has 0 amide bonds. The highest BCUT2D eigenvalue weighted by molar-refractivity contribution is 7.22. The number of thiophene rings is 1. The lowest BCUT2D eigenvalue weighted by atomic mass is 10.1. The third-order valence-corrected chi connectivity index (χ3v) is 8.42. The van der Waals surface area contributed by atoms with Gasteiger partial charge in [-0.25, -0.2) is 18.7 Å². The lowest BCUT2D eigenvalue weighted by molar-refractivity contribution is 0.329. The van der Waals surface area contributed by atoms with Crippen molar-refractivity contribution in [2.75, 3.05) is 13.7 Å². The Hall–Kier alpha value is -4.02. The predicted octanol–water partition coefficient (Wildman–Crippen LogP) is 4.19. The average Bonchev–Trinajstić information content (AvgIpc) is 3.47. The van der Waals surface area contributed by atoms with Gasteiger partial charge in [-0.15, -0.1) is 11.3 Å². The molecule has 0 spiro atoms. The Bertz CT molecular complexity index is 1790. The van der Waals surface area contributed by atoms with Crippen molar-refractivity contribution in [2.45, 2.75) is 32.9 Å². The summed E-state index contributed by atoms with van der Waals surface area (Å²) in [7, 11) is 1.62. The third-order valence-electron chi connectivity index (χ3n) is 7.06. The standard InChI is InChI=1S/C28H26FN5O3S/c1-16-13-32(15-31-16)22-9-4-18(12-23(22)37-3)25-17(2)24-26(35)34(21-7-5-19(29)6-8-21)28(36)33(27(24)38-25)14-20-10-11-30-20/h4-9,12-13,15,20,30H,10-11,14H2,1-3H3/t20-/m1/s1. The summed E-state index contributed by atoms with van der Waals surface area (Å²) in [6.07, 6.45) is 4.61. The zero-order chi connectivity index (χ0) is 26.6. The molecule has 1 saturated heterocycles. The van der Waals surface area contributed by atoms with Crippen LogP contribution in [0.3, 0.4) is 0 Å². The number of methoxy groups -OCH3 is 1. The molecule has 0 radical (unpaired) electrons. The van der Waals surface area contributed by atoms with Crippen LogP contribution in [0.15, 0.2) is 64.6 Å². The third kappa shape index (κ3) is 3.97. The maximum atomic E-state index is 13.8. The van der Waals surface area contributed by atoms with Crippen LogP contribution in [0.2, 0.25) is 0 Å². The number of imidazole rings is 1. The number of ether oxygens (including phenoxy) is 1. The normalized spacial score (nSPS) is 15.1. The van der Waals surface area contributed by atoms with Crippen molar-refractivity contribution >= 4 is 21.6 Å². The number of hydrogen-bond donors (Lipinski definition) is 1. The van der Waals surface area contributed by atoms with E-state index in [0.717, 1.165) is 44.9 Å². The number of aryl methyl sites for hydroxylation is 2. The van der Waals surface area contributed by atoms with E-state index < -0.39 is 17.1 Å². The topological polar surface area (TPSA) is 83.1 Å². The molecule has 1 aliphatic heterocycles. The molecule has 0 saturated carbocycles. The molecule has 2 aromatic carbocycles. The minimum absolute atomic E-state index is 0.152. The lowest BCUT2D eigenvalue weighted by Crippen LogP contribution is -2.49. The first-order valence-corrected chi connectivity index (χ1v) is 13.1. The second-order valence-corrected chi connectivity index (χ2v) is 10.5. The number of hydrogen-bond acceptors (Lipinski definition) is 6. The molecule has 6 rings (SSSR count). The molecule has 1 atom stereocenters. The summed E-state index contributed by atoms with van der Waals surface area (Å²) >= 11 is 1.43. The van der Waals surface area contributed by atoms with Crippen LogP contribution in [-0.4, -0.2) is 38.4 Å². The van der Waals surface area contributed by atoms with Crippen LogP contribution in [0, 0.1) is 19.7 Å². The van der Waals surface area contributed by atoms with Crippen LogP contribution in [0.25, 0.3) is 32.0 Å². The van der Waals surface area contributed by atoms with Gasteiger partial charge >= 0.3 is 5.69 Å². The first-order chi connectivity index (χ1) is 18.4. The van der Waals surface area contributed by atoms with Crippen molar-refractivity contribution in [2.24, 2.45) is 0 Å². The SMILES string of the molecule is COc1cc(-c2sc3c(c2C)c(=O)n(-c2ccc(F)cc2)c(=O)n3C[C@H]2CCN2)ccc1-n1cnc(C)c1. The highest BCUT2D eigenvalue weighted by Gasteiger charge is 2.25. The molecule has 10 heteroatoms. The fraction of sp³-hybridized carbons (Fsp3) is 0.250. The maximum Gasteiger partial charge on any atom is 0.336 e. The molecule has 1 aliphatic rings. The Kier molecular flexibility index (Phi) is 6.00. The Morgan fingerprint density at radius 3 is 2.55 bits per heavy atom. The molecule has 8 nitrogen and oxygen atoms in total. The highest BCUT2D eigenvalue weighted by atomic mass is 32.1. The molecule has 1 fully saturated rings. The van der Waals surface area contributed by atoms with Crippen LogP contribution in [0.4, 0.5) is 4.39 Å². The van der Waals surface area contributed by atoms with Gasteiger partial charge in [0.2, 0.25) is 0 Å². The van der Waals surface area contributed by atoms with Gasteiger partial charge in [0.15, 0.2) is 0 Å². The van der Waals surface area contributed by atoms with E-state index in [1.165, 1.54) is 35.6 Å². The van der Waals surface area contributed by atoms with E-state index in [9.17, 15) is 14.0 Å². The summed E-state index contributed by atoms with van der Waals surface area (Å²) in [5.74, 6) is 0.232. The summed E-state index contributed by atoms with van der Waals surface area (Å²) in [6.45, 7) is 5.17. The van der Waals surface area contributed by atoms with Crippen molar-refractivity contribution in [3.05, 3.63) is 92.9 Å². The lowest BCUT2D eigenvalue weighted by Gasteiger charge is -2.28. The largest absolute Gasteiger partial charge is 0.495 e. The Morgan fingerprint density at radius 1 is 1.16 bits per heavy atom. The second kappa shape index (κ2) is 9.38. The smallest absolute Gasteiger partial charge is 0.336 e. The van der Waals surface area contributed by atoms with Gasteiger partial charge in [-0.3, -0.25) is 9.36 Å². The molecule has 1 N–H and O–H groups in total. The van der Waals surface area contributed by atoms with Gasteiger partial charge in [-0.1, -0.05) is 6.07 Å². The summed E-state index contributed by atoms with van der Waals surface area (Å²) < 4.78 is 24.1.